The molecule has 0 atom stereocenters. The lowest BCUT2D eigenvalue weighted by Gasteiger charge is -2.27. The first kappa shape index (κ1) is 16.6. The van der Waals surface area contributed by atoms with Crippen molar-refractivity contribution in [3.05, 3.63) is 40.4 Å². The Bertz CT molecular complexity index is 745. The summed E-state index contributed by atoms with van der Waals surface area (Å²) in [6.45, 7) is 3.28. The van der Waals surface area contributed by atoms with Crippen molar-refractivity contribution in [2.45, 2.75) is 26.2 Å². The fourth-order valence-corrected chi connectivity index (χ4v) is 4.05. The summed E-state index contributed by atoms with van der Waals surface area (Å²) in [5.41, 5.74) is 1.76. The van der Waals surface area contributed by atoms with Gasteiger partial charge in [-0.15, -0.1) is 0 Å². The first-order valence-corrected chi connectivity index (χ1v) is 9.07. The monoisotopic (exact) mass is 341 g/mol. The summed E-state index contributed by atoms with van der Waals surface area (Å²) in [5.74, 6) is -0.0984. The van der Waals surface area contributed by atoms with Crippen molar-refractivity contribution in [1.82, 2.24) is 4.90 Å². The van der Waals surface area contributed by atoms with E-state index in [0.717, 1.165) is 30.5 Å². The van der Waals surface area contributed by atoms with Crippen molar-refractivity contribution in [3.63, 3.8) is 0 Å². The number of carbonyl (C=O) groups is 2. The number of hydrogen-bond donors (Lipinski definition) is 0. The average Bonchev–Trinajstić information content (AvgIpc) is 2.98. The number of benzene rings is 1. The fraction of sp³-hybridized carbons (Fsp3) is 0.389. The molecule has 6 heteroatoms. The lowest BCUT2D eigenvalue weighted by Crippen LogP contribution is -2.37. The van der Waals surface area contributed by atoms with Crippen LogP contribution in [0, 0.1) is 18.3 Å². The minimum absolute atomic E-state index is 0.0796. The van der Waals surface area contributed by atoms with Crippen molar-refractivity contribution in [3.8, 4) is 6.07 Å². The summed E-state index contributed by atoms with van der Waals surface area (Å²) in [6, 6.07) is 9.58. The predicted molar refractivity (Wildman–Crippen MR) is 94.2 cm³/mol. The highest BCUT2D eigenvalue weighted by Crippen LogP contribution is 2.37. The van der Waals surface area contributed by atoms with Gasteiger partial charge in [0, 0.05) is 13.1 Å². The molecule has 0 aromatic heterocycles. The number of likely N-dealkylation sites (tertiary alicyclic amines) is 1. The maximum Gasteiger partial charge on any atom is 0.267 e. The van der Waals surface area contributed by atoms with Gasteiger partial charge in [0.25, 0.3) is 5.91 Å². The molecule has 1 aromatic rings. The Kier molecular flexibility index (Phi) is 4.91. The molecule has 1 aromatic carbocycles. The minimum atomic E-state index is -0.256. The van der Waals surface area contributed by atoms with Crippen LogP contribution in [-0.4, -0.2) is 35.6 Å². The van der Waals surface area contributed by atoms with Gasteiger partial charge < -0.3 is 4.90 Å². The molecule has 2 aliphatic heterocycles. The Morgan fingerprint density at radius 1 is 1.21 bits per heavy atom. The van der Waals surface area contributed by atoms with E-state index in [-0.39, 0.29) is 23.1 Å². The van der Waals surface area contributed by atoms with Crippen molar-refractivity contribution >= 4 is 29.3 Å². The van der Waals surface area contributed by atoms with Gasteiger partial charge in [-0.3, -0.25) is 14.5 Å². The number of carbonyl (C=O) groups excluding carboxylic acids is 2. The number of hydrogen-bond acceptors (Lipinski definition) is 4. The molecule has 24 heavy (non-hydrogen) atoms. The van der Waals surface area contributed by atoms with Crippen LogP contribution < -0.4 is 4.90 Å². The second-order valence-electron chi connectivity index (χ2n) is 5.95. The summed E-state index contributed by atoms with van der Waals surface area (Å²) in [4.78, 5) is 28.4. The molecule has 2 heterocycles. The number of rotatable bonds is 2. The first-order chi connectivity index (χ1) is 11.6. The number of para-hydroxylation sites is 1. The van der Waals surface area contributed by atoms with Gasteiger partial charge in [-0.25, -0.2) is 0 Å². The van der Waals surface area contributed by atoms with Crippen LogP contribution in [0.2, 0.25) is 0 Å². The molecule has 2 saturated heterocycles. The lowest BCUT2D eigenvalue weighted by molar-refractivity contribution is -0.127. The lowest BCUT2D eigenvalue weighted by atomic mass is 10.1. The summed E-state index contributed by atoms with van der Waals surface area (Å²) < 4.78 is 0. The van der Waals surface area contributed by atoms with Crippen molar-refractivity contribution < 1.29 is 9.59 Å². The van der Waals surface area contributed by atoms with Gasteiger partial charge in [-0.2, -0.15) is 5.26 Å². The maximum atomic E-state index is 12.8. The second kappa shape index (κ2) is 7.10. The van der Waals surface area contributed by atoms with E-state index in [4.69, 9.17) is 0 Å². The van der Waals surface area contributed by atoms with Crippen molar-refractivity contribution in [2.75, 3.05) is 23.7 Å². The van der Waals surface area contributed by atoms with Crippen LogP contribution in [0.1, 0.15) is 24.8 Å². The third kappa shape index (κ3) is 3.04. The van der Waals surface area contributed by atoms with Gasteiger partial charge >= 0.3 is 0 Å². The quantitative estimate of drug-likeness (QED) is 0.613. The molecule has 0 radical (unpaired) electrons. The molecule has 2 aliphatic rings. The van der Waals surface area contributed by atoms with E-state index in [1.54, 1.807) is 4.90 Å². The van der Waals surface area contributed by atoms with Gasteiger partial charge in [0.05, 0.1) is 11.4 Å². The number of nitriles is 1. The van der Waals surface area contributed by atoms with E-state index in [1.165, 1.54) is 16.7 Å². The Balaban J connectivity index is 2.01. The van der Waals surface area contributed by atoms with Gasteiger partial charge in [0.2, 0.25) is 5.91 Å². The molecule has 0 bridgehead atoms. The van der Waals surface area contributed by atoms with Gasteiger partial charge in [-0.05, 0) is 37.8 Å². The van der Waals surface area contributed by atoms with Crippen LogP contribution in [0.5, 0.6) is 0 Å². The molecule has 0 aliphatic carbocycles. The number of nitrogens with zero attached hydrogens (tertiary/aromatic N) is 3. The maximum absolute atomic E-state index is 12.8. The highest BCUT2D eigenvalue weighted by molar-refractivity contribution is 8.04. The second-order valence-corrected chi connectivity index (χ2v) is 6.91. The highest BCUT2D eigenvalue weighted by Gasteiger charge is 2.35. The Morgan fingerprint density at radius 2 is 1.92 bits per heavy atom. The zero-order valence-corrected chi connectivity index (χ0v) is 14.4. The number of piperidine rings is 1. The van der Waals surface area contributed by atoms with Crippen LogP contribution in [0.4, 0.5) is 5.69 Å². The Hall–Kier alpha value is -2.26. The van der Waals surface area contributed by atoms with Crippen LogP contribution in [-0.2, 0) is 9.59 Å². The van der Waals surface area contributed by atoms with Crippen LogP contribution in [0.3, 0.4) is 0 Å². The molecular formula is C18H19N3O2S. The van der Waals surface area contributed by atoms with E-state index in [1.807, 2.05) is 31.2 Å². The number of anilines is 1. The highest BCUT2D eigenvalue weighted by atomic mass is 32.2. The molecule has 124 valence electrons. The average molecular weight is 341 g/mol. The van der Waals surface area contributed by atoms with Crippen molar-refractivity contribution in [1.29, 1.82) is 5.26 Å². The largest absolute Gasteiger partial charge is 0.338 e. The minimum Gasteiger partial charge on any atom is -0.338 e. The first-order valence-electron chi connectivity index (χ1n) is 8.08. The van der Waals surface area contributed by atoms with E-state index in [0.29, 0.717) is 18.1 Å². The summed E-state index contributed by atoms with van der Waals surface area (Å²) in [6.07, 6.45) is 3.05. The summed E-state index contributed by atoms with van der Waals surface area (Å²) in [5, 5.41) is 10.1. The zero-order chi connectivity index (χ0) is 17.1. The topological polar surface area (TPSA) is 64.4 Å². The molecule has 0 spiro atoms. The van der Waals surface area contributed by atoms with Crippen LogP contribution in [0.25, 0.3) is 0 Å². The molecule has 0 saturated carbocycles. The van der Waals surface area contributed by atoms with E-state index < -0.39 is 0 Å². The van der Waals surface area contributed by atoms with E-state index in [9.17, 15) is 14.9 Å². The number of amides is 2. The summed E-state index contributed by atoms with van der Waals surface area (Å²) >= 11 is 1.27. The third-order valence-electron chi connectivity index (χ3n) is 4.32. The summed E-state index contributed by atoms with van der Waals surface area (Å²) in [7, 11) is 0. The Labute approximate surface area is 145 Å². The predicted octanol–water partition coefficient (Wildman–Crippen LogP) is 2.82. The number of aryl methyl sites for hydroxylation is 1. The molecule has 3 rings (SSSR count). The smallest absolute Gasteiger partial charge is 0.267 e. The molecule has 0 N–H and O–H groups in total. The fourth-order valence-electron chi connectivity index (χ4n) is 3.06. The standard InChI is InChI=1S/C18H19N3O2S/c1-13-7-3-4-8-15(13)21-16(22)12-24-18(21)14(11-19)17(23)20-9-5-2-6-10-20/h3-4,7-8H,2,5-6,9-10,12H2,1H3/b18-14-. The zero-order valence-electron chi connectivity index (χ0n) is 13.6. The van der Waals surface area contributed by atoms with Crippen LogP contribution >= 0.6 is 11.8 Å². The van der Waals surface area contributed by atoms with E-state index in [2.05, 4.69) is 6.07 Å². The number of thioether (sulfide) groups is 1. The van der Waals surface area contributed by atoms with Crippen LogP contribution in [0.15, 0.2) is 34.9 Å². The van der Waals surface area contributed by atoms with Gasteiger partial charge in [0.15, 0.2) is 0 Å². The SMILES string of the molecule is Cc1ccccc1N1C(=O)CS/C1=C(/C#N)C(=O)N1CCCCC1. The molecular weight excluding hydrogens is 322 g/mol. The molecule has 2 amide bonds. The molecule has 0 unspecified atom stereocenters. The Morgan fingerprint density at radius 3 is 2.58 bits per heavy atom. The third-order valence-corrected chi connectivity index (χ3v) is 5.38. The van der Waals surface area contributed by atoms with Gasteiger partial charge in [-0.1, -0.05) is 30.0 Å². The van der Waals surface area contributed by atoms with E-state index >= 15 is 0 Å². The van der Waals surface area contributed by atoms with Crippen molar-refractivity contribution in [2.24, 2.45) is 0 Å². The normalized spacial score (nSPS) is 20.1. The molecule has 5 nitrogen and oxygen atoms in total. The molecule has 2 fully saturated rings. The van der Waals surface area contributed by atoms with Gasteiger partial charge in [0.1, 0.15) is 16.7 Å².